The lowest BCUT2D eigenvalue weighted by molar-refractivity contribution is 0.801. The second kappa shape index (κ2) is 6.72. The second-order valence-electron chi connectivity index (χ2n) is 5.21. The number of allylic oxidation sites excluding steroid dienone is 1. The largest absolute Gasteiger partial charge is 0.129 e. The van der Waals surface area contributed by atoms with Crippen LogP contribution in [0.4, 0.5) is 0 Å². The van der Waals surface area contributed by atoms with Gasteiger partial charge in [-0.15, -0.1) is 11.3 Å². The standard InChI is InChI=1S/C14H24Si/c1-7-8-9-14(12-13(2)3)10-11-15(4,5)6/h7-9H2,1-6H3. The Labute approximate surface area is 96.5 Å². The van der Waals surface area contributed by atoms with Crippen molar-refractivity contribution in [3.8, 4) is 11.5 Å². The highest BCUT2D eigenvalue weighted by atomic mass is 28.3. The van der Waals surface area contributed by atoms with Crippen LogP contribution in [-0.2, 0) is 0 Å². The Hall–Kier alpha value is -0.703. The van der Waals surface area contributed by atoms with E-state index in [1.807, 2.05) is 0 Å². The molecule has 0 aliphatic rings. The monoisotopic (exact) mass is 220 g/mol. The van der Waals surface area contributed by atoms with Crippen molar-refractivity contribution in [3.63, 3.8) is 0 Å². The molecule has 0 aromatic carbocycles. The molecule has 0 N–H and O–H groups in total. The van der Waals surface area contributed by atoms with Crippen LogP contribution in [-0.4, -0.2) is 8.07 Å². The zero-order chi connectivity index (χ0) is 11.9. The van der Waals surface area contributed by atoms with Crippen molar-refractivity contribution in [1.82, 2.24) is 0 Å². The molecule has 84 valence electrons. The van der Waals surface area contributed by atoms with Gasteiger partial charge >= 0.3 is 0 Å². The van der Waals surface area contributed by atoms with Crippen molar-refractivity contribution >= 4 is 8.07 Å². The molecule has 0 aromatic rings. The zero-order valence-corrected chi connectivity index (χ0v) is 12.1. The summed E-state index contributed by atoms with van der Waals surface area (Å²) in [5.41, 5.74) is 9.20. The Morgan fingerprint density at radius 2 is 1.73 bits per heavy atom. The predicted octanol–water partition coefficient (Wildman–Crippen LogP) is 4.55. The minimum absolute atomic E-state index is 1.08. The first kappa shape index (κ1) is 14.3. The molecule has 0 aliphatic carbocycles. The molecule has 0 bridgehead atoms. The molecule has 0 rings (SSSR count). The first-order valence-corrected chi connectivity index (χ1v) is 9.31. The van der Waals surface area contributed by atoms with Crippen molar-refractivity contribution in [2.24, 2.45) is 0 Å². The van der Waals surface area contributed by atoms with Crippen LogP contribution in [0.15, 0.2) is 16.9 Å². The van der Waals surface area contributed by atoms with Crippen LogP contribution >= 0.6 is 0 Å². The van der Waals surface area contributed by atoms with Gasteiger partial charge in [-0.25, -0.2) is 0 Å². The third kappa shape index (κ3) is 9.60. The molecule has 1 heteroatoms. The molecule has 0 spiro atoms. The Balaban J connectivity index is 4.81. The van der Waals surface area contributed by atoms with Crippen LogP contribution in [0.5, 0.6) is 0 Å². The van der Waals surface area contributed by atoms with E-state index in [0.29, 0.717) is 0 Å². The number of hydrogen-bond donors (Lipinski definition) is 0. The molecular weight excluding hydrogens is 196 g/mol. The average molecular weight is 220 g/mol. The second-order valence-corrected chi connectivity index (χ2v) is 9.96. The molecular formula is C14H24Si. The molecule has 0 aliphatic heterocycles. The molecule has 0 nitrogen and oxygen atoms in total. The van der Waals surface area contributed by atoms with Crippen LogP contribution < -0.4 is 0 Å². The smallest absolute Gasteiger partial charge is 0.126 e. The lowest BCUT2D eigenvalue weighted by atomic mass is 10.1. The summed E-state index contributed by atoms with van der Waals surface area (Å²) in [6.45, 7) is 13.2. The van der Waals surface area contributed by atoms with Crippen LogP contribution in [0.2, 0.25) is 19.6 Å². The number of unbranched alkanes of at least 4 members (excludes halogenated alkanes) is 1. The van der Waals surface area contributed by atoms with E-state index in [0.717, 1.165) is 6.42 Å². The maximum atomic E-state index is 3.41. The third-order valence-corrected chi connectivity index (χ3v) is 2.64. The highest BCUT2D eigenvalue weighted by Crippen LogP contribution is 2.07. The van der Waals surface area contributed by atoms with E-state index in [9.17, 15) is 0 Å². The lowest BCUT2D eigenvalue weighted by Gasteiger charge is -2.04. The molecule has 0 heterocycles. The maximum absolute atomic E-state index is 3.41. The Kier molecular flexibility index (Phi) is 6.41. The van der Waals surface area contributed by atoms with E-state index >= 15 is 0 Å². The molecule has 15 heavy (non-hydrogen) atoms. The first-order chi connectivity index (χ1) is 6.85. The van der Waals surface area contributed by atoms with E-state index < -0.39 is 8.07 Å². The van der Waals surface area contributed by atoms with Crippen LogP contribution in [0.3, 0.4) is 0 Å². The fraction of sp³-hybridized carbons (Fsp3) is 0.643. The fourth-order valence-corrected chi connectivity index (χ4v) is 1.60. The molecule has 0 atom stereocenters. The van der Waals surface area contributed by atoms with Crippen LogP contribution in [0.25, 0.3) is 0 Å². The van der Waals surface area contributed by atoms with Crippen molar-refractivity contribution in [1.29, 1.82) is 0 Å². The van der Waals surface area contributed by atoms with Crippen molar-refractivity contribution < 1.29 is 0 Å². The average Bonchev–Trinajstić information content (AvgIpc) is 2.07. The maximum Gasteiger partial charge on any atom is 0.129 e. The SMILES string of the molecule is CCCCC(=C=C(C)C)C#C[Si](C)(C)C. The summed E-state index contributed by atoms with van der Waals surface area (Å²) in [7, 11) is -1.24. The molecule has 0 saturated heterocycles. The van der Waals surface area contributed by atoms with Crippen LogP contribution in [0, 0.1) is 11.5 Å². The van der Waals surface area contributed by atoms with Gasteiger partial charge in [-0.05, 0) is 32.3 Å². The van der Waals surface area contributed by atoms with Crippen molar-refractivity contribution in [2.75, 3.05) is 0 Å². The lowest BCUT2D eigenvalue weighted by Crippen LogP contribution is -2.16. The minimum Gasteiger partial charge on any atom is -0.126 e. The Morgan fingerprint density at radius 3 is 2.13 bits per heavy atom. The van der Waals surface area contributed by atoms with E-state index in [4.69, 9.17) is 0 Å². The van der Waals surface area contributed by atoms with Gasteiger partial charge in [0.25, 0.3) is 0 Å². The molecule has 0 radical (unpaired) electrons. The Morgan fingerprint density at radius 1 is 1.13 bits per heavy atom. The van der Waals surface area contributed by atoms with Gasteiger partial charge in [-0.1, -0.05) is 38.9 Å². The van der Waals surface area contributed by atoms with E-state index in [1.165, 1.54) is 24.0 Å². The molecule has 0 saturated carbocycles. The van der Waals surface area contributed by atoms with Gasteiger partial charge in [-0.3, -0.25) is 0 Å². The number of hydrogen-bond acceptors (Lipinski definition) is 0. The van der Waals surface area contributed by atoms with E-state index in [2.05, 4.69) is 57.6 Å². The Bertz CT molecular complexity index is 307. The summed E-state index contributed by atoms with van der Waals surface area (Å²) in [4.78, 5) is 0. The van der Waals surface area contributed by atoms with Gasteiger partial charge in [0.1, 0.15) is 8.07 Å². The number of rotatable bonds is 3. The summed E-state index contributed by atoms with van der Waals surface area (Å²) in [6, 6.07) is 0. The summed E-state index contributed by atoms with van der Waals surface area (Å²) in [5.74, 6) is 3.32. The van der Waals surface area contributed by atoms with E-state index in [1.54, 1.807) is 0 Å². The third-order valence-electron chi connectivity index (χ3n) is 1.77. The van der Waals surface area contributed by atoms with E-state index in [-0.39, 0.29) is 0 Å². The van der Waals surface area contributed by atoms with Crippen molar-refractivity contribution in [2.45, 2.75) is 59.7 Å². The molecule has 0 fully saturated rings. The summed E-state index contributed by atoms with van der Waals surface area (Å²) >= 11 is 0. The minimum atomic E-state index is -1.24. The predicted molar refractivity (Wildman–Crippen MR) is 72.5 cm³/mol. The topological polar surface area (TPSA) is 0 Å². The molecule has 0 aromatic heterocycles. The highest BCUT2D eigenvalue weighted by molar-refractivity contribution is 6.83. The zero-order valence-electron chi connectivity index (χ0n) is 11.1. The van der Waals surface area contributed by atoms with Crippen molar-refractivity contribution in [3.05, 3.63) is 16.9 Å². The van der Waals surface area contributed by atoms with Gasteiger partial charge in [-0.2, -0.15) is 0 Å². The van der Waals surface area contributed by atoms with Gasteiger partial charge in [0.05, 0.1) is 0 Å². The summed E-state index contributed by atoms with van der Waals surface area (Å²) in [6.07, 6.45) is 3.53. The molecule has 0 amide bonds. The highest BCUT2D eigenvalue weighted by Gasteiger charge is 2.07. The quantitative estimate of drug-likeness (QED) is 0.372. The summed E-state index contributed by atoms with van der Waals surface area (Å²) in [5, 5.41) is 0. The van der Waals surface area contributed by atoms with Gasteiger partial charge in [0, 0.05) is 5.57 Å². The van der Waals surface area contributed by atoms with Gasteiger partial charge in [0.15, 0.2) is 0 Å². The summed E-state index contributed by atoms with van der Waals surface area (Å²) < 4.78 is 0. The molecule has 0 unspecified atom stereocenters. The first-order valence-electron chi connectivity index (χ1n) is 5.81. The van der Waals surface area contributed by atoms with Gasteiger partial charge in [0.2, 0.25) is 0 Å². The van der Waals surface area contributed by atoms with Crippen LogP contribution in [0.1, 0.15) is 40.0 Å². The van der Waals surface area contributed by atoms with Gasteiger partial charge < -0.3 is 0 Å². The fourth-order valence-electron chi connectivity index (χ4n) is 1.07. The normalized spacial score (nSPS) is 10.0.